The Morgan fingerprint density at radius 3 is 2.05 bits per heavy atom. The van der Waals surface area contributed by atoms with Gasteiger partial charge in [0.05, 0.1) is 6.04 Å². The fraction of sp³-hybridized carbons (Fsp3) is 0.235. The van der Waals surface area contributed by atoms with E-state index in [0.29, 0.717) is 0 Å². The molecule has 3 nitrogen and oxygen atoms in total. The average Bonchev–Trinajstić information content (AvgIpc) is 2.49. The summed E-state index contributed by atoms with van der Waals surface area (Å²) in [7, 11) is 0. The number of carbonyl (C=O) groups excluding carboxylic acids is 1. The molecule has 2 N–H and O–H groups in total. The molecule has 2 rings (SSSR count). The Morgan fingerprint density at radius 2 is 1.45 bits per heavy atom. The molecule has 0 spiro atoms. The standard InChI is InChI=1S/C17H20N2O/c1-13(15-9-5-3-6-10-15)18-14(2)17(20)19-16-11-7-4-8-12-16/h3-14,18H,1-2H3,(H,19,20)/t13-,14-/m1/s1. The van der Waals surface area contributed by atoms with Crippen molar-refractivity contribution in [1.29, 1.82) is 0 Å². The van der Waals surface area contributed by atoms with Crippen LogP contribution in [-0.2, 0) is 4.79 Å². The fourth-order valence-electron chi connectivity index (χ4n) is 2.06. The number of carbonyl (C=O) groups is 1. The Bertz CT molecular complexity index is 539. The monoisotopic (exact) mass is 268 g/mol. The Hall–Kier alpha value is -2.13. The number of hydrogen-bond donors (Lipinski definition) is 2. The van der Waals surface area contributed by atoms with Gasteiger partial charge in [0.1, 0.15) is 0 Å². The Morgan fingerprint density at radius 1 is 0.900 bits per heavy atom. The fourth-order valence-corrected chi connectivity index (χ4v) is 2.06. The lowest BCUT2D eigenvalue weighted by Crippen LogP contribution is -2.39. The number of nitrogens with one attached hydrogen (secondary N) is 2. The molecule has 20 heavy (non-hydrogen) atoms. The smallest absolute Gasteiger partial charge is 0.241 e. The third-order valence-corrected chi connectivity index (χ3v) is 3.23. The molecule has 0 saturated heterocycles. The van der Waals surface area contributed by atoms with Crippen molar-refractivity contribution < 1.29 is 4.79 Å². The number of anilines is 1. The Labute approximate surface area is 120 Å². The summed E-state index contributed by atoms with van der Waals surface area (Å²) in [6.45, 7) is 3.93. The minimum absolute atomic E-state index is 0.0287. The topological polar surface area (TPSA) is 41.1 Å². The quantitative estimate of drug-likeness (QED) is 0.873. The zero-order valence-corrected chi connectivity index (χ0v) is 11.8. The highest BCUT2D eigenvalue weighted by Gasteiger charge is 2.16. The van der Waals surface area contributed by atoms with Crippen LogP contribution in [0.4, 0.5) is 5.69 Å². The van der Waals surface area contributed by atoms with E-state index in [1.807, 2.05) is 55.5 Å². The van der Waals surface area contributed by atoms with Gasteiger partial charge >= 0.3 is 0 Å². The van der Waals surface area contributed by atoms with Gasteiger partial charge in [0, 0.05) is 11.7 Å². The van der Waals surface area contributed by atoms with Crippen LogP contribution in [-0.4, -0.2) is 11.9 Å². The summed E-state index contributed by atoms with van der Waals surface area (Å²) in [4.78, 5) is 12.1. The molecule has 104 valence electrons. The first-order valence-electron chi connectivity index (χ1n) is 6.83. The SMILES string of the molecule is C[C@@H](N[C@H](C)c1ccccc1)C(=O)Nc1ccccc1. The number of hydrogen-bond acceptors (Lipinski definition) is 2. The van der Waals surface area contributed by atoms with Crippen molar-refractivity contribution in [2.75, 3.05) is 5.32 Å². The van der Waals surface area contributed by atoms with E-state index in [4.69, 9.17) is 0 Å². The van der Waals surface area contributed by atoms with Crippen LogP contribution in [0.5, 0.6) is 0 Å². The molecule has 0 heterocycles. The van der Waals surface area contributed by atoms with Gasteiger partial charge in [-0.3, -0.25) is 10.1 Å². The van der Waals surface area contributed by atoms with Crippen molar-refractivity contribution in [2.45, 2.75) is 25.9 Å². The first-order valence-corrected chi connectivity index (χ1v) is 6.83. The third-order valence-electron chi connectivity index (χ3n) is 3.23. The van der Waals surface area contributed by atoms with Gasteiger partial charge in [-0.1, -0.05) is 48.5 Å². The van der Waals surface area contributed by atoms with Crippen LogP contribution in [0.1, 0.15) is 25.5 Å². The van der Waals surface area contributed by atoms with Crippen molar-refractivity contribution in [2.24, 2.45) is 0 Å². The molecule has 2 aromatic carbocycles. The Balaban J connectivity index is 1.91. The van der Waals surface area contributed by atoms with E-state index in [2.05, 4.69) is 29.7 Å². The second-order valence-electron chi connectivity index (χ2n) is 4.88. The zero-order valence-electron chi connectivity index (χ0n) is 11.8. The average molecular weight is 268 g/mol. The number of amides is 1. The lowest BCUT2D eigenvalue weighted by atomic mass is 10.1. The summed E-state index contributed by atoms with van der Waals surface area (Å²) < 4.78 is 0. The summed E-state index contributed by atoms with van der Waals surface area (Å²) in [6, 6.07) is 19.5. The van der Waals surface area contributed by atoms with Crippen molar-refractivity contribution in [3.63, 3.8) is 0 Å². The van der Waals surface area contributed by atoms with Gasteiger partial charge in [-0.15, -0.1) is 0 Å². The van der Waals surface area contributed by atoms with E-state index < -0.39 is 0 Å². The molecule has 0 aliphatic rings. The van der Waals surface area contributed by atoms with Crippen LogP contribution in [0, 0.1) is 0 Å². The molecule has 0 fully saturated rings. The van der Waals surface area contributed by atoms with Crippen LogP contribution >= 0.6 is 0 Å². The molecule has 2 aromatic rings. The van der Waals surface area contributed by atoms with Crippen LogP contribution in [0.3, 0.4) is 0 Å². The maximum Gasteiger partial charge on any atom is 0.241 e. The van der Waals surface area contributed by atoms with Crippen molar-refractivity contribution in [3.05, 3.63) is 66.2 Å². The maximum atomic E-state index is 12.1. The zero-order chi connectivity index (χ0) is 14.4. The Kier molecular flexibility index (Phi) is 4.91. The highest BCUT2D eigenvalue weighted by Crippen LogP contribution is 2.12. The number of rotatable bonds is 5. The predicted molar refractivity (Wildman–Crippen MR) is 82.5 cm³/mol. The summed E-state index contributed by atoms with van der Waals surface area (Å²) >= 11 is 0. The molecule has 1 amide bonds. The van der Waals surface area contributed by atoms with Crippen LogP contribution in [0.15, 0.2) is 60.7 Å². The van der Waals surface area contributed by atoms with Crippen molar-refractivity contribution >= 4 is 11.6 Å². The molecule has 0 aliphatic carbocycles. The molecule has 0 saturated carbocycles. The molecular weight excluding hydrogens is 248 g/mol. The first-order chi connectivity index (χ1) is 9.66. The molecule has 0 radical (unpaired) electrons. The molecule has 0 unspecified atom stereocenters. The predicted octanol–water partition coefficient (Wildman–Crippen LogP) is 3.36. The van der Waals surface area contributed by atoms with Gasteiger partial charge in [-0.25, -0.2) is 0 Å². The first kappa shape index (κ1) is 14.3. The summed E-state index contributed by atoms with van der Waals surface area (Å²) in [5.74, 6) is -0.0287. The van der Waals surface area contributed by atoms with Crippen molar-refractivity contribution in [3.8, 4) is 0 Å². The second kappa shape index (κ2) is 6.87. The summed E-state index contributed by atoms with van der Waals surface area (Å²) in [5, 5.41) is 6.20. The van der Waals surface area contributed by atoms with E-state index in [9.17, 15) is 4.79 Å². The van der Waals surface area contributed by atoms with Gasteiger partial charge in [-0.05, 0) is 31.5 Å². The summed E-state index contributed by atoms with van der Waals surface area (Å²) in [5.41, 5.74) is 1.99. The van der Waals surface area contributed by atoms with Gasteiger partial charge in [0.15, 0.2) is 0 Å². The molecule has 2 atom stereocenters. The van der Waals surface area contributed by atoms with E-state index in [-0.39, 0.29) is 18.0 Å². The van der Waals surface area contributed by atoms with Gasteiger partial charge in [-0.2, -0.15) is 0 Å². The second-order valence-corrected chi connectivity index (χ2v) is 4.88. The largest absolute Gasteiger partial charge is 0.325 e. The van der Waals surface area contributed by atoms with E-state index in [0.717, 1.165) is 5.69 Å². The summed E-state index contributed by atoms with van der Waals surface area (Å²) in [6.07, 6.45) is 0. The van der Waals surface area contributed by atoms with Crippen molar-refractivity contribution in [1.82, 2.24) is 5.32 Å². The molecule has 3 heteroatoms. The van der Waals surface area contributed by atoms with E-state index >= 15 is 0 Å². The molecule has 0 aliphatic heterocycles. The molecule has 0 aromatic heterocycles. The lowest BCUT2D eigenvalue weighted by Gasteiger charge is -2.20. The third kappa shape index (κ3) is 3.93. The molecule has 0 bridgehead atoms. The highest BCUT2D eigenvalue weighted by molar-refractivity contribution is 5.94. The van der Waals surface area contributed by atoms with E-state index in [1.165, 1.54) is 5.56 Å². The minimum atomic E-state index is -0.259. The highest BCUT2D eigenvalue weighted by atomic mass is 16.2. The van der Waals surface area contributed by atoms with Gasteiger partial charge < -0.3 is 5.32 Å². The van der Waals surface area contributed by atoms with Gasteiger partial charge in [0.25, 0.3) is 0 Å². The van der Waals surface area contributed by atoms with Gasteiger partial charge in [0.2, 0.25) is 5.91 Å². The normalized spacial score (nSPS) is 13.5. The van der Waals surface area contributed by atoms with Crippen LogP contribution < -0.4 is 10.6 Å². The van der Waals surface area contributed by atoms with E-state index in [1.54, 1.807) is 0 Å². The lowest BCUT2D eigenvalue weighted by molar-refractivity contribution is -0.117. The number of benzene rings is 2. The maximum absolute atomic E-state index is 12.1. The van der Waals surface area contributed by atoms with Crippen LogP contribution in [0.2, 0.25) is 0 Å². The minimum Gasteiger partial charge on any atom is -0.325 e. The van der Waals surface area contributed by atoms with Crippen LogP contribution in [0.25, 0.3) is 0 Å². The number of para-hydroxylation sites is 1. The molecular formula is C17H20N2O.